The SMILES string of the molecule is Nc1cnn(CCCC2CCOC2)c1. The van der Waals surface area contributed by atoms with Crippen molar-refractivity contribution in [2.24, 2.45) is 5.92 Å². The molecule has 14 heavy (non-hydrogen) atoms. The molecule has 1 aromatic rings. The van der Waals surface area contributed by atoms with Gasteiger partial charge in [-0.05, 0) is 25.2 Å². The molecule has 2 heterocycles. The lowest BCUT2D eigenvalue weighted by atomic mass is 10.0. The smallest absolute Gasteiger partial charge is 0.0719 e. The van der Waals surface area contributed by atoms with Gasteiger partial charge in [-0.15, -0.1) is 0 Å². The fourth-order valence-electron chi connectivity index (χ4n) is 1.85. The molecule has 1 aromatic heterocycles. The molecule has 78 valence electrons. The van der Waals surface area contributed by atoms with E-state index in [0.717, 1.165) is 37.8 Å². The molecule has 1 fully saturated rings. The van der Waals surface area contributed by atoms with Gasteiger partial charge in [-0.25, -0.2) is 0 Å². The zero-order valence-electron chi connectivity index (χ0n) is 8.35. The van der Waals surface area contributed by atoms with E-state index in [0.29, 0.717) is 0 Å². The van der Waals surface area contributed by atoms with Gasteiger partial charge < -0.3 is 10.5 Å². The Morgan fingerprint density at radius 3 is 3.21 bits per heavy atom. The highest BCUT2D eigenvalue weighted by atomic mass is 16.5. The van der Waals surface area contributed by atoms with E-state index < -0.39 is 0 Å². The van der Waals surface area contributed by atoms with Crippen molar-refractivity contribution in [3.8, 4) is 0 Å². The highest BCUT2D eigenvalue weighted by Gasteiger charge is 2.14. The van der Waals surface area contributed by atoms with Crippen LogP contribution in [0.1, 0.15) is 19.3 Å². The van der Waals surface area contributed by atoms with Crippen molar-refractivity contribution < 1.29 is 4.74 Å². The van der Waals surface area contributed by atoms with Crippen molar-refractivity contribution in [3.05, 3.63) is 12.4 Å². The summed E-state index contributed by atoms with van der Waals surface area (Å²) in [5.41, 5.74) is 6.31. The van der Waals surface area contributed by atoms with E-state index in [1.54, 1.807) is 6.20 Å². The number of hydrogen-bond donors (Lipinski definition) is 1. The first-order valence-corrected chi connectivity index (χ1v) is 5.20. The van der Waals surface area contributed by atoms with Crippen LogP contribution in [0.3, 0.4) is 0 Å². The molecular weight excluding hydrogens is 178 g/mol. The van der Waals surface area contributed by atoms with Gasteiger partial charge in [0, 0.05) is 26.0 Å². The average molecular weight is 195 g/mol. The molecule has 2 rings (SSSR count). The second-order valence-corrected chi connectivity index (χ2v) is 3.91. The van der Waals surface area contributed by atoms with Crippen LogP contribution in [-0.2, 0) is 11.3 Å². The number of hydrogen-bond acceptors (Lipinski definition) is 3. The van der Waals surface area contributed by atoms with E-state index in [4.69, 9.17) is 10.5 Å². The molecule has 0 bridgehead atoms. The number of aryl methyl sites for hydroxylation is 1. The predicted molar refractivity (Wildman–Crippen MR) is 54.8 cm³/mol. The molecule has 0 aliphatic carbocycles. The first kappa shape index (κ1) is 9.52. The number of nitrogens with zero attached hydrogens (tertiary/aromatic N) is 2. The van der Waals surface area contributed by atoms with Crippen LogP contribution in [0.25, 0.3) is 0 Å². The average Bonchev–Trinajstić information content (AvgIpc) is 2.77. The normalized spacial score (nSPS) is 21.6. The van der Waals surface area contributed by atoms with Crippen molar-refractivity contribution in [2.45, 2.75) is 25.8 Å². The Bertz CT molecular complexity index is 279. The van der Waals surface area contributed by atoms with E-state index in [9.17, 15) is 0 Å². The van der Waals surface area contributed by atoms with Crippen LogP contribution < -0.4 is 5.73 Å². The van der Waals surface area contributed by atoms with Crippen LogP contribution in [0.4, 0.5) is 5.69 Å². The van der Waals surface area contributed by atoms with Crippen LogP contribution in [0.2, 0.25) is 0 Å². The van der Waals surface area contributed by atoms with Gasteiger partial charge in [0.1, 0.15) is 0 Å². The number of ether oxygens (including phenoxy) is 1. The number of anilines is 1. The summed E-state index contributed by atoms with van der Waals surface area (Å²) in [5, 5.41) is 4.14. The van der Waals surface area contributed by atoms with E-state index in [1.165, 1.54) is 12.8 Å². The van der Waals surface area contributed by atoms with Gasteiger partial charge in [-0.2, -0.15) is 5.10 Å². The third-order valence-electron chi connectivity index (χ3n) is 2.68. The minimum absolute atomic E-state index is 0.745. The van der Waals surface area contributed by atoms with Crippen molar-refractivity contribution >= 4 is 5.69 Å². The van der Waals surface area contributed by atoms with E-state index >= 15 is 0 Å². The fraction of sp³-hybridized carbons (Fsp3) is 0.700. The third-order valence-corrected chi connectivity index (χ3v) is 2.68. The Labute approximate surface area is 84.0 Å². The lowest BCUT2D eigenvalue weighted by Crippen LogP contribution is -2.03. The molecule has 1 saturated heterocycles. The van der Waals surface area contributed by atoms with E-state index in [2.05, 4.69) is 5.10 Å². The van der Waals surface area contributed by atoms with Gasteiger partial charge in [-0.1, -0.05) is 0 Å². The number of aromatic nitrogens is 2. The standard InChI is InChI=1S/C10H17N3O/c11-10-6-12-13(7-10)4-1-2-9-3-5-14-8-9/h6-7,9H,1-5,8,11H2. The lowest BCUT2D eigenvalue weighted by molar-refractivity contribution is 0.183. The third kappa shape index (κ3) is 2.48. The molecule has 0 spiro atoms. The summed E-state index contributed by atoms with van der Waals surface area (Å²) in [6.07, 6.45) is 7.19. The topological polar surface area (TPSA) is 53.1 Å². The molecule has 4 nitrogen and oxygen atoms in total. The summed E-state index contributed by atoms with van der Waals surface area (Å²) in [5.74, 6) is 0.767. The Kier molecular flexibility index (Phi) is 3.03. The maximum atomic E-state index is 5.57. The van der Waals surface area contributed by atoms with Gasteiger partial charge in [0.25, 0.3) is 0 Å². The summed E-state index contributed by atoms with van der Waals surface area (Å²) < 4.78 is 7.23. The highest BCUT2D eigenvalue weighted by Crippen LogP contribution is 2.18. The molecular formula is C10H17N3O. The summed E-state index contributed by atoms with van der Waals surface area (Å²) >= 11 is 0. The molecule has 1 unspecified atom stereocenters. The van der Waals surface area contributed by atoms with Crippen molar-refractivity contribution in [1.29, 1.82) is 0 Å². The molecule has 4 heteroatoms. The van der Waals surface area contributed by atoms with Gasteiger partial charge in [0.2, 0.25) is 0 Å². The second-order valence-electron chi connectivity index (χ2n) is 3.91. The van der Waals surface area contributed by atoms with Gasteiger partial charge in [-0.3, -0.25) is 4.68 Å². The number of nitrogen functional groups attached to an aromatic ring is 1. The summed E-state index contributed by atoms with van der Waals surface area (Å²) in [7, 11) is 0. The van der Waals surface area contributed by atoms with Gasteiger partial charge in [0.05, 0.1) is 11.9 Å². The van der Waals surface area contributed by atoms with Crippen molar-refractivity contribution in [3.63, 3.8) is 0 Å². The van der Waals surface area contributed by atoms with E-state index in [1.807, 2.05) is 10.9 Å². The maximum absolute atomic E-state index is 5.57. The monoisotopic (exact) mass is 195 g/mol. The summed E-state index contributed by atoms with van der Waals surface area (Å²) in [4.78, 5) is 0. The van der Waals surface area contributed by atoms with Crippen molar-refractivity contribution in [1.82, 2.24) is 9.78 Å². The summed E-state index contributed by atoms with van der Waals surface area (Å²) in [6.45, 7) is 2.86. The Morgan fingerprint density at radius 1 is 1.64 bits per heavy atom. The van der Waals surface area contributed by atoms with Crippen LogP contribution in [0, 0.1) is 5.92 Å². The Hall–Kier alpha value is -1.03. The van der Waals surface area contributed by atoms with E-state index in [-0.39, 0.29) is 0 Å². The van der Waals surface area contributed by atoms with Gasteiger partial charge >= 0.3 is 0 Å². The molecule has 0 radical (unpaired) electrons. The summed E-state index contributed by atoms with van der Waals surface area (Å²) in [6, 6.07) is 0. The molecule has 1 atom stereocenters. The second kappa shape index (κ2) is 4.46. The van der Waals surface area contributed by atoms with Gasteiger partial charge in [0.15, 0.2) is 0 Å². The lowest BCUT2D eigenvalue weighted by Gasteiger charge is -2.06. The fourth-order valence-corrected chi connectivity index (χ4v) is 1.85. The zero-order valence-corrected chi connectivity index (χ0v) is 8.35. The number of rotatable bonds is 4. The molecule has 1 aliphatic heterocycles. The largest absolute Gasteiger partial charge is 0.396 e. The van der Waals surface area contributed by atoms with Crippen LogP contribution >= 0.6 is 0 Å². The number of nitrogens with two attached hydrogens (primary N) is 1. The molecule has 0 saturated carbocycles. The minimum Gasteiger partial charge on any atom is -0.396 e. The molecule has 0 amide bonds. The molecule has 0 aromatic carbocycles. The Morgan fingerprint density at radius 2 is 2.57 bits per heavy atom. The zero-order chi connectivity index (χ0) is 9.80. The predicted octanol–water partition coefficient (Wildman–Crippen LogP) is 1.28. The maximum Gasteiger partial charge on any atom is 0.0719 e. The molecule has 2 N–H and O–H groups in total. The highest BCUT2D eigenvalue weighted by molar-refractivity contribution is 5.30. The minimum atomic E-state index is 0.745. The van der Waals surface area contributed by atoms with Crippen LogP contribution in [0.5, 0.6) is 0 Å². The Balaban J connectivity index is 1.67. The quantitative estimate of drug-likeness (QED) is 0.787. The first-order chi connectivity index (χ1) is 6.84. The first-order valence-electron chi connectivity index (χ1n) is 5.20. The van der Waals surface area contributed by atoms with Crippen LogP contribution in [0.15, 0.2) is 12.4 Å². The van der Waals surface area contributed by atoms with Crippen LogP contribution in [-0.4, -0.2) is 23.0 Å². The molecule has 1 aliphatic rings. The van der Waals surface area contributed by atoms with Crippen molar-refractivity contribution in [2.75, 3.05) is 18.9 Å².